The van der Waals surface area contributed by atoms with Crippen molar-refractivity contribution in [2.45, 2.75) is 16.5 Å². The van der Waals surface area contributed by atoms with Crippen LogP contribution in [0.5, 0.6) is 0 Å². The van der Waals surface area contributed by atoms with Crippen molar-refractivity contribution in [3.63, 3.8) is 0 Å². The molecule has 0 radical (unpaired) electrons. The van der Waals surface area contributed by atoms with Gasteiger partial charge in [0.1, 0.15) is 5.03 Å². The molecule has 0 spiro atoms. The number of nitrogens with zero attached hydrogens (tertiary/aromatic N) is 2. The van der Waals surface area contributed by atoms with Crippen LogP contribution in [0.1, 0.15) is 5.56 Å². The van der Waals surface area contributed by atoms with Gasteiger partial charge in [-0.25, -0.2) is 4.98 Å². The molecule has 0 amide bonds. The van der Waals surface area contributed by atoms with E-state index < -0.39 is 0 Å². The van der Waals surface area contributed by atoms with Crippen LogP contribution in [0.3, 0.4) is 0 Å². The first-order valence-electron chi connectivity index (χ1n) is 4.53. The molecule has 0 aliphatic carbocycles. The first kappa shape index (κ1) is 10.1. The molecule has 2 rings (SSSR count). The van der Waals surface area contributed by atoms with Crippen LogP contribution in [0.25, 0.3) is 0 Å². The molecular formula is C11H10N2OS. The van der Waals surface area contributed by atoms with E-state index in [9.17, 15) is 0 Å². The highest BCUT2D eigenvalue weighted by Gasteiger charge is 2.03. The van der Waals surface area contributed by atoms with Crippen LogP contribution in [-0.2, 0) is 6.61 Å². The van der Waals surface area contributed by atoms with E-state index in [1.807, 2.05) is 24.3 Å². The minimum absolute atomic E-state index is 0.0151. The predicted molar refractivity (Wildman–Crippen MR) is 58.5 cm³/mol. The van der Waals surface area contributed by atoms with Gasteiger partial charge in [-0.2, -0.15) is 0 Å². The standard InChI is InChI=1S/C11H10N2OS/c14-8-9-2-1-5-13-11(9)15-10-3-6-12-7-4-10/h1-7,14H,8H2. The highest BCUT2D eigenvalue weighted by atomic mass is 32.2. The Morgan fingerprint density at radius 2 is 1.93 bits per heavy atom. The van der Waals surface area contributed by atoms with Gasteiger partial charge in [-0.15, -0.1) is 0 Å². The van der Waals surface area contributed by atoms with Gasteiger partial charge in [-0.1, -0.05) is 17.8 Å². The summed E-state index contributed by atoms with van der Waals surface area (Å²) in [7, 11) is 0. The van der Waals surface area contributed by atoms with Crippen molar-refractivity contribution in [1.29, 1.82) is 0 Å². The third kappa shape index (κ3) is 2.55. The SMILES string of the molecule is OCc1cccnc1Sc1ccncc1. The Bertz CT molecular complexity index is 434. The number of rotatable bonds is 3. The molecule has 0 aliphatic heterocycles. The average molecular weight is 218 g/mol. The summed E-state index contributed by atoms with van der Waals surface area (Å²) in [5.74, 6) is 0. The minimum Gasteiger partial charge on any atom is -0.392 e. The summed E-state index contributed by atoms with van der Waals surface area (Å²) < 4.78 is 0. The van der Waals surface area contributed by atoms with Crippen LogP contribution < -0.4 is 0 Å². The molecule has 0 aromatic carbocycles. The zero-order chi connectivity index (χ0) is 10.5. The lowest BCUT2D eigenvalue weighted by atomic mass is 10.3. The molecule has 2 aromatic rings. The summed E-state index contributed by atoms with van der Waals surface area (Å²) >= 11 is 1.53. The van der Waals surface area contributed by atoms with Gasteiger partial charge in [0.25, 0.3) is 0 Å². The molecule has 3 nitrogen and oxygen atoms in total. The van der Waals surface area contributed by atoms with Gasteiger partial charge in [0, 0.05) is 29.0 Å². The van der Waals surface area contributed by atoms with Crippen molar-refractivity contribution in [3.8, 4) is 0 Å². The Morgan fingerprint density at radius 1 is 1.13 bits per heavy atom. The van der Waals surface area contributed by atoms with Crippen molar-refractivity contribution in [2.75, 3.05) is 0 Å². The van der Waals surface area contributed by atoms with E-state index in [-0.39, 0.29) is 6.61 Å². The zero-order valence-electron chi connectivity index (χ0n) is 8.00. The third-order valence-corrected chi connectivity index (χ3v) is 2.95. The molecule has 76 valence electrons. The Hall–Kier alpha value is -1.39. The lowest BCUT2D eigenvalue weighted by Gasteiger charge is -2.04. The molecule has 2 aromatic heterocycles. The second-order valence-corrected chi connectivity index (χ2v) is 3.97. The molecule has 0 aliphatic rings. The van der Waals surface area contributed by atoms with E-state index in [2.05, 4.69) is 9.97 Å². The number of hydrogen-bond donors (Lipinski definition) is 1. The van der Waals surface area contributed by atoms with Crippen molar-refractivity contribution < 1.29 is 5.11 Å². The molecule has 0 saturated heterocycles. The lowest BCUT2D eigenvalue weighted by molar-refractivity contribution is 0.278. The van der Waals surface area contributed by atoms with Crippen molar-refractivity contribution >= 4 is 11.8 Å². The third-order valence-electron chi connectivity index (χ3n) is 1.88. The molecule has 0 fully saturated rings. The molecule has 0 unspecified atom stereocenters. The maximum atomic E-state index is 9.13. The van der Waals surface area contributed by atoms with E-state index in [0.717, 1.165) is 15.5 Å². The van der Waals surface area contributed by atoms with Crippen LogP contribution in [-0.4, -0.2) is 15.1 Å². The van der Waals surface area contributed by atoms with Gasteiger partial charge < -0.3 is 5.11 Å². The Balaban J connectivity index is 2.24. The van der Waals surface area contributed by atoms with E-state index in [1.165, 1.54) is 11.8 Å². The Kier molecular flexibility index (Phi) is 3.32. The fraction of sp³-hybridized carbons (Fsp3) is 0.0909. The van der Waals surface area contributed by atoms with Crippen LogP contribution in [0, 0.1) is 0 Å². The molecule has 0 atom stereocenters. The normalized spacial score (nSPS) is 10.2. The fourth-order valence-corrected chi connectivity index (χ4v) is 2.01. The van der Waals surface area contributed by atoms with Gasteiger partial charge in [0.2, 0.25) is 0 Å². The minimum atomic E-state index is 0.0151. The van der Waals surface area contributed by atoms with Crippen LogP contribution >= 0.6 is 11.8 Å². The quantitative estimate of drug-likeness (QED) is 0.857. The fourth-order valence-electron chi connectivity index (χ4n) is 1.15. The molecule has 15 heavy (non-hydrogen) atoms. The van der Waals surface area contributed by atoms with Crippen LogP contribution in [0.4, 0.5) is 0 Å². The number of aliphatic hydroxyl groups excluding tert-OH is 1. The monoisotopic (exact) mass is 218 g/mol. The molecule has 1 N–H and O–H groups in total. The largest absolute Gasteiger partial charge is 0.392 e. The summed E-state index contributed by atoms with van der Waals surface area (Å²) in [4.78, 5) is 9.24. The van der Waals surface area contributed by atoms with Crippen LogP contribution in [0.2, 0.25) is 0 Å². The Morgan fingerprint density at radius 3 is 2.67 bits per heavy atom. The summed E-state index contributed by atoms with van der Waals surface area (Å²) in [5, 5.41) is 9.97. The van der Waals surface area contributed by atoms with Crippen LogP contribution in [0.15, 0.2) is 52.8 Å². The van der Waals surface area contributed by atoms with E-state index in [1.54, 1.807) is 18.6 Å². The van der Waals surface area contributed by atoms with E-state index >= 15 is 0 Å². The molecule has 4 heteroatoms. The first-order valence-corrected chi connectivity index (χ1v) is 5.34. The van der Waals surface area contributed by atoms with Crippen molar-refractivity contribution in [1.82, 2.24) is 9.97 Å². The molecule has 0 bridgehead atoms. The number of aliphatic hydroxyl groups is 1. The smallest absolute Gasteiger partial charge is 0.106 e. The predicted octanol–water partition coefficient (Wildman–Crippen LogP) is 2.12. The van der Waals surface area contributed by atoms with Gasteiger partial charge in [-0.3, -0.25) is 4.98 Å². The van der Waals surface area contributed by atoms with Gasteiger partial charge in [-0.05, 0) is 18.2 Å². The summed E-state index contributed by atoms with van der Waals surface area (Å²) in [6.07, 6.45) is 5.20. The first-order chi connectivity index (χ1) is 7.40. The maximum Gasteiger partial charge on any atom is 0.106 e. The summed E-state index contributed by atoms with van der Waals surface area (Å²) in [6.45, 7) is 0.0151. The maximum absolute atomic E-state index is 9.13. The highest BCUT2D eigenvalue weighted by molar-refractivity contribution is 7.99. The summed E-state index contributed by atoms with van der Waals surface area (Å²) in [5.41, 5.74) is 0.847. The van der Waals surface area contributed by atoms with Gasteiger partial charge in [0.05, 0.1) is 6.61 Å². The molecule has 0 saturated carbocycles. The number of aromatic nitrogens is 2. The topological polar surface area (TPSA) is 46.0 Å². The van der Waals surface area contributed by atoms with Crippen molar-refractivity contribution in [3.05, 3.63) is 48.4 Å². The van der Waals surface area contributed by atoms with Gasteiger partial charge in [0.15, 0.2) is 0 Å². The second-order valence-electron chi connectivity index (χ2n) is 2.91. The second kappa shape index (κ2) is 4.91. The molecular weight excluding hydrogens is 208 g/mol. The zero-order valence-corrected chi connectivity index (χ0v) is 8.81. The number of pyridine rings is 2. The average Bonchev–Trinajstić information content (AvgIpc) is 2.31. The van der Waals surface area contributed by atoms with E-state index in [0.29, 0.717) is 0 Å². The number of hydrogen-bond acceptors (Lipinski definition) is 4. The Labute approximate surface area is 92.2 Å². The van der Waals surface area contributed by atoms with Crippen molar-refractivity contribution in [2.24, 2.45) is 0 Å². The lowest BCUT2D eigenvalue weighted by Crippen LogP contribution is -1.89. The van der Waals surface area contributed by atoms with E-state index in [4.69, 9.17) is 5.11 Å². The summed E-state index contributed by atoms with van der Waals surface area (Å²) in [6, 6.07) is 7.53. The highest BCUT2D eigenvalue weighted by Crippen LogP contribution is 2.27. The molecule has 2 heterocycles. The van der Waals surface area contributed by atoms with Gasteiger partial charge >= 0.3 is 0 Å².